The Morgan fingerprint density at radius 1 is 0.566 bits per heavy atom. The molecule has 0 aliphatic carbocycles. The van der Waals surface area contributed by atoms with Crippen LogP contribution in [0.5, 0.6) is 0 Å². The van der Waals surface area contributed by atoms with Crippen LogP contribution < -0.4 is 0 Å². The lowest BCUT2D eigenvalue weighted by atomic mass is 10.0. The predicted octanol–water partition coefficient (Wildman–Crippen LogP) is 12.4. The number of likely N-dealkylation sites (N-methyl/N-ethyl adjacent to an activating group) is 1. The molecule has 0 saturated carbocycles. The highest BCUT2D eigenvalue weighted by molar-refractivity contribution is 7.47. The molecule has 0 aliphatic heterocycles. The zero-order valence-electron chi connectivity index (χ0n) is 35.0. The van der Waals surface area contributed by atoms with E-state index in [4.69, 9.17) is 18.5 Å². The molecule has 314 valence electrons. The Morgan fingerprint density at radius 2 is 0.962 bits per heavy atom. The van der Waals surface area contributed by atoms with E-state index in [1.54, 1.807) is 0 Å². The van der Waals surface area contributed by atoms with Crippen molar-refractivity contribution in [2.45, 2.75) is 213 Å². The van der Waals surface area contributed by atoms with E-state index >= 15 is 0 Å². The van der Waals surface area contributed by atoms with Crippen molar-refractivity contribution in [3.8, 4) is 0 Å². The highest BCUT2D eigenvalue weighted by Gasteiger charge is 2.26. The number of carbonyl (C=O) groups excluding carboxylic acids is 2. The number of ether oxygens (including phenoxy) is 2. The summed E-state index contributed by atoms with van der Waals surface area (Å²) in [5.41, 5.74) is 0. The van der Waals surface area contributed by atoms with Gasteiger partial charge in [0.1, 0.15) is 6.61 Å². The number of phosphoric ester groups is 1. The minimum atomic E-state index is -4.35. The summed E-state index contributed by atoms with van der Waals surface area (Å²) in [5, 5.41) is 0. The van der Waals surface area contributed by atoms with E-state index in [2.05, 4.69) is 26.0 Å². The predicted molar refractivity (Wildman–Crippen MR) is 220 cm³/mol. The molecule has 0 aromatic rings. The van der Waals surface area contributed by atoms with Crippen molar-refractivity contribution in [1.29, 1.82) is 0 Å². The van der Waals surface area contributed by atoms with Crippen LogP contribution in [0, 0.1) is 0 Å². The lowest BCUT2D eigenvalue weighted by Gasteiger charge is -2.20. The summed E-state index contributed by atoms with van der Waals surface area (Å²) >= 11 is 0. The molecule has 53 heavy (non-hydrogen) atoms. The smallest absolute Gasteiger partial charge is 0.462 e. The van der Waals surface area contributed by atoms with Gasteiger partial charge in [-0.2, -0.15) is 0 Å². The molecule has 0 aromatic carbocycles. The number of allylic oxidation sites excluding steroid dienone is 2. The molecule has 0 rings (SSSR count). The number of phosphoric acid groups is 1. The average Bonchev–Trinajstić information content (AvgIpc) is 3.12. The molecule has 0 bridgehead atoms. The molecule has 10 heteroatoms. The Hall–Kier alpha value is -1.25. The maximum Gasteiger partial charge on any atom is 0.472 e. The van der Waals surface area contributed by atoms with Gasteiger partial charge < -0.3 is 19.3 Å². The van der Waals surface area contributed by atoms with Crippen LogP contribution in [-0.2, 0) is 32.7 Å². The van der Waals surface area contributed by atoms with E-state index in [-0.39, 0.29) is 32.0 Å². The molecule has 9 nitrogen and oxygen atoms in total. The van der Waals surface area contributed by atoms with Gasteiger partial charge in [0.25, 0.3) is 0 Å². The molecule has 0 radical (unpaired) electrons. The lowest BCUT2D eigenvalue weighted by molar-refractivity contribution is -0.161. The van der Waals surface area contributed by atoms with E-state index in [0.29, 0.717) is 13.0 Å². The van der Waals surface area contributed by atoms with Gasteiger partial charge in [0.2, 0.25) is 0 Å². The largest absolute Gasteiger partial charge is 0.472 e. The molecule has 0 aromatic heterocycles. The van der Waals surface area contributed by atoms with E-state index in [0.717, 1.165) is 32.1 Å². The maximum atomic E-state index is 12.6. The monoisotopic (exact) mass is 774 g/mol. The van der Waals surface area contributed by atoms with Crippen LogP contribution in [0.2, 0.25) is 0 Å². The molecule has 1 N–H and O–H groups in total. The summed E-state index contributed by atoms with van der Waals surface area (Å²) < 4.78 is 33.5. The van der Waals surface area contributed by atoms with Gasteiger partial charge in [-0.15, -0.1) is 0 Å². The van der Waals surface area contributed by atoms with E-state index in [9.17, 15) is 19.0 Å². The summed E-state index contributed by atoms with van der Waals surface area (Å²) in [5.74, 6) is -0.798. The third-order valence-corrected chi connectivity index (χ3v) is 10.6. The lowest BCUT2D eigenvalue weighted by Crippen LogP contribution is -2.29. The van der Waals surface area contributed by atoms with Gasteiger partial charge in [-0.1, -0.05) is 167 Å². The molecule has 0 aliphatic rings. The summed E-state index contributed by atoms with van der Waals surface area (Å²) in [6.45, 7) is 4.33. The molecule has 0 spiro atoms. The van der Waals surface area contributed by atoms with Crippen molar-refractivity contribution in [2.24, 2.45) is 0 Å². The molecule has 2 atom stereocenters. The van der Waals surface area contributed by atoms with Crippen molar-refractivity contribution in [1.82, 2.24) is 4.90 Å². The molecular formula is C43H84NO8P. The first-order valence-corrected chi connectivity index (χ1v) is 23.5. The fraction of sp³-hybridized carbons (Fsp3) is 0.907. The van der Waals surface area contributed by atoms with Gasteiger partial charge >= 0.3 is 19.8 Å². The number of hydrogen-bond acceptors (Lipinski definition) is 8. The van der Waals surface area contributed by atoms with E-state index in [1.807, 2.05) is 19.0 Å². The van der Waals surface area contributed by atoms with E-state index in [1.165, 1.54) is 141 Å². The Morgan fingerprint density at radius 3 is 1.40 bits per heavy atom. The van der Waals surface area contributed by atoms with Gasteiger partial charge in [-0.05, 0) is 52.6 Å². The van der Waals surface area contributed by atoms with Crippen molar-refractivity contribution in [3.05, 3.63) is 12.2 Å². The Balaban J connectivity index is 4.25. The number of carbonyl (C=O) groups is 2. The fourth-order valence-electron chi connectivity index (χ4n) is 6.15. The van der Waals surface area contributed by atoms with Crippen LogP contribution >= 0.6 is 7.82 Å². The Labute approximate surface area is 326 Å². The molecule has 0 saturated heterocycles. The number of unbranched alkanes of at least 4 members (excludes halogenated alkanes) is 25. The summed E-state index contributed by atoms with van der Waals surface area (Å²) in [6, 6.07) is 0. The SMILES string of the molecule is CCCCCCCC/C=C\CCCCCCCCCC(=O)OCC(COP(=O)(O)OCCN(C)C)OC(=O)CCCCCCCCCCCCCCC. The van der Waals surface area contributed by atoms with Crippen LogP contribution in [0.25, 0.3) is 0 Å². The molecule has 0 amide bonds. The number of rotatable bonds is 41. The second-order valence-corrected chi connectivity index (χ2v) is 16.7. The minimum Gasteiger partial charge on any atom is -0.462 e. The number of hydrogen-bond donors (Lipinski definition) is 1. The van der Waals surface area contributed by atoms with Crippen molar-refractivity contribution in [3.63, 3.8) is 0 Å². The van der Waals surface area contributed by atoms with Gasteiger partial charge in [0.05, 0.1) is 13.2 Å². The second kappa shape index (κ2) is 39.0. The molecular weight excluding hydrogens is 689 g/mol. The first-order chi connectivity index (χ1) is 25.7. The van der Waals surface area contributed by atoms with Crippen LogP contribution in [0.4, 0.5) is 0 Å². The summed E-state index contributed by atoms with van der Waals surface area (Å²) in [7, 11) is -0.703. The first-order valence-electron chi connectivity index (χ1n) is 22.0. The minimum absolute atomic E-state index is 0.00989. The zero-order valence-corrected chi connectivity index (χ0v) is 35.9. The third-order valence-electron chi connectivity index (χ3n) is 9.57. The fourth-order valence-corrected chi connectivity index (χ4v) is 6.89. The standard InChI is InChI=1S/C43H84NO8P/c1-5-7-9-11-13-15-17-19-20-21-22-24-25-27-29-31-33-35-42(45)49-39-41(40-51-53(47,48)50-38-37-44(3)4)52-43(46)36-34-32-30-28-26-23-18-16-14-12-10-8-6-2/h19-20,41H,5-18,21-40H2,1-4H3,(H,47,48)/b20-19-. The van der Waals surface area contributed by atoms with Gasteiger partial charge in [0.15, 0.2) is 6.10 Å². The summed E-state index contributed by atoms with van der Waals surface area (Å²) in [4.78, 5) is 37.0. The topological polar surface area (TPSA) is 112 Å². The normalized spacial score (nSPS) is 13.5. The Kier molecular flexibility index (Phi) is 38.1. The van der Waals surface area contributed by atoms with Crippen molar-refractivity contribution in [2.75, 3.05) is 40.5 Å². The van der Waals surface area contributed by atoms with E-state index < -0.39 is 26.5 Å². The molecule has 0 heterocycles. The molecule has 0 fully saturated rings. The van der Waals surface area contributed by atoms with Crippen LogP contribution in [0.3, 0.4) is 0 Å². The zero-order chi connectivity index (χ0) is 39.1. The van der Waals surface area contributed by atoms with Gasteiger partial charge in [-0.25, -0.2) is 4.57 Å². The number of nitrogens with zero attached hydrogens (tertiary/aromatic N) is 1. The summed E-state index contributed by atoms with van der Waals surface area (Å²) in [6.07, 6.45) is 38.2. The molecule has 2 unspecified atom stereocenters. The first kappa shape index (κ1) is 51.8. The highest BCUT2D eigenvalue weighted by Crippen LogP contribution is 2.43. The second-order valence-electron chi connectivity index (χ2n) is 15.2. The van der Waals surface area contributed by atoms with Crippen LogP contribution in [0.1, 0.15) is 206 Å². The van der Waals surface area contributed by atoms with Gasteiger partial charge in [-0.3, -0.25) is 18.6 Å². The van der Waals surface area contributed by atoms with Crippen molar-refractivity contribution >= 4 is 19.8 Å². The average molecular weight is 774 g/mol. The maximum absolute atomic E-state index is 12.6. The Bertz CT molecular complexity index is 900. The third kappa shape index (κ3) is 40.2. The number of esters is 2. The highest BCUT2D eigenvalue weighted by atomic mass is 31.2. The van der Waals surface area contributed by atoms with Gasteiger partial charge in [0, 0.05) is 19.4 Å². The van der Waals surface area contributed by atoms with Crippen LogP contribution in [-0.4, -0.2) is 68.3 Å². The van der Waals surface area contributed by atoms with Crippen LogP contribution in [0.15, 0.2) is 12.2 Å². The van der Waals surface area contributed by atoms with Crippen molar-refractivity contribution < 1.29 is 37.6 Å². The quantitative estimate of drug-likeness (QED) is 0.0281.